The van der Waals surface area contributed by atoms with E-state index in [-0.39, 0.29) is 0 Å². The van der Waals surface area contributed by atoms with Gasteiger partial charge >= 0.3 is 0 Å². The quantitative estimate of drug-likeness (QED) is 0.883. The standard InChI is InChI=1S/C13H16N2S/c1-3-12-15-9(2)13(16-12)11-6-4-10(8-14)5-7-11/h4-7H,3,8,14H2,1-2H3. The van der Waals surface area contributed by atoms with Crippen molar-refractivity contribution in [2.45, 2.75) is 26.8 Å². The van der Waals surface area contributed by atoms with Crippen molar-refractivity contribution in [3.05, 3.63) is 40.5 Å². The normalized spacial score (nSPS) is 10.7. The summed E-state index contributed by atoms with van der Waals surface area (Å²) in [5.41, 5.74) is 9.12. The van der Waals surface area contributed by atoms with E-state index in [2.05, 4.69) is 43.1 Å². The Morgan fingerprint density at radius 3 is 2.44 bits per heavy atom. The molecule has 84 valence electrons. The van der Waals surface area contributed by atoms with Gasteiger partial charge in [0.2, 0.25) is 0 Å². The molecule has 0 aliphatic carbocycles. The molecule has 0 amide bonds. The Morgan fingerprint density at radius 1 is 1.25 bits per heavy atom. The summed E-state index contributed by atoms with van der Waals surface area (Å²) in [6, 6.07) is 8.42. The molecule has 0 radical (unpaired) electrons. The van der Waals surface area contributed by atoms with Crippen molar-refractivity contribution < 1.29 is 0 Å². The molecule has 0 fully saturated rings. The van der Waals surface area contributed by atoms with Crippen LogP contribution in [0.15, 0.2) is 24.3 Å². The fourth-order valence-corrected chi connectivity index (χ4v) is 2.67. The minimum atomic E-state index is 0.599. The maximum Gasteiger partial charge on any atom is 0.0931 e. The van der Waals surface area contributed by atoms with Crippen molar-refractivity contribution in [2.75, 3.05) is 0 Å². The molecule has 1 aromatic carbocycles. The van der Waals surface area contributed by atoms with Crippen molar-refractivity contribution in [3.63, 3.8) is 0 Å². The van der Waals surface area contributed by atoms with Crippen molar-refractivity contribution in [2.24, 2.45) is 5.73 Å². The topological polar surface area (TPSA) is 38.9 Å². The summed E-state index contributed by atoms with van der Waals surface area (Å²) in [6.45, 7) is 4.81. The number of hydrogen-bond donors (Lipinski definition) is 1. The first kappa shape index (κ1) is 11.3. The molecule has 1 aromatic heterocycles. The van der Waals surface area contributed by atoms with E-state index in [1.165, 1.54) is 21.0 Å². The van der Waals surface area contributed by atoms with Gasteiger partial charge in [-0.2, -0.15) is 0 Å². The van der Waals surface area contributed by atoms with E-state index < -0.39 is 0 Å². The number of aryl methyl sites for hydroxylation is 2. The molecule has 0 spiro atoms. The summed E-state index contributed by atoms with van der Waals surface area (Å²) in [6.07, 6.45) is 1.01. The van der Waals surface area contributed by atoms with Crippen molar-refractivity contribution in [1.82, 2.24) is 4.98 Å². The SMILES string of the molecule is CCc1nc(C)c(-c2ccc(CN)cc2)s1. The third-order valence-corrected chi connectivity index (χ3v) is 3.95. The number of rotatable bonds is 3. The summed E-state index contributed by atoms with van der Waals surface area (Å²) in [4.78, 5) is 5.82. The Bertz CT molecular complexity index is 471. The highest BCUT2D eigenvalue weighted by Gasteiger charge is 2.08. The minimum Gasteiger partial charge on any atom is -0.326 e. The Morgan fingerprint density at radius 2 is 1.94 bits per heavy atom. The average molecular weight is 232 g/mol. The Balaban J connectivity index is 2.38. The van der Waals surface area contributed by atoms with Crippen molar-refractivity contribution in [1.29, 1.82) is 0 Å². The Hall–Kier alpha value is -1.19. The maximum absolute atomic E-state index is 5.58. The van der Waals surface area contributed by atoms with Crippen LogP contribution in [0.5, 0.6) is 0 Å². The van der Waals surface area contributed by atoms with Gasteiger partial charge in [0.05, 0.1) is 15.6 Å². The number of nitrogens with zero attached hydrogens (tertiary/aromatic N) is 1. The fourth-order valence-electron chi connectivity index (χ4n) is 1.66. The smallest absolute Gasteiger partial charge is 0.0931 e. The lowest BCUT2D eigenvalue weighted by atomic mass is 10.1. The predicted octanol–water partition coefficient (Wildman–Crippen LogP) is 3.14. The van der Waals surface area contributed by atoms with Gasteiger partial charge in [-0.05, 0) is 24.5 Å². The van der Waals surface area contributed by atoms with Crippen molar-refractivity contribution in [3.8, 4) is 10.4 Å². The summed E-state index contributed by atoms with van der Waals surface area (Å²) < 4.78 is 0. The molecule has 2 nitrogen and oxygen atoms in total. The van der Waals surface area contributed by atoms with Crippen LogP contribution in [0.3, 0.4) is 0 Å². The van der Waals surface area contributed by atoms with Gasteiger partial charge in [0.1, 0.15) is 0 Å². The molecule has 0 saturated heterocycles. The van der Waals surface area contributed by atoms with Crippen LogP contribution < -0.4 is 5.73 Å². The minimum absolute atomic E-state index is 0.599. The summed E-state index contributed by atoms with van der Waals surface area (Å²) >= 11 is 1.78. The van der Waals surface area contributed by atoms with Crippen molar-refractivity contribution >= 4 is 11.3 Å². The first-order chi connectivity index (χ1) is 7.74. The van der Waals surface area contributed by atoms with E-state index in [1.807, 2.05) is 0 Å². The van der Waals surface area contributed by atoms with E-state index in [0.717, 1.165) is 12.1 Å². The molecule has 3 heteroatoms. The van der Waals surface area contributed by atoms with E-state index in [0.29, 0.717) is 6.54 Å². The maximum atomic E-state index is 5.58. The zero-order chi connectivity index (χ0) is 11.5. The molecule has 2 N–H and O–H groups in total. The van der Waals surface area contributed by atoms with Crippen LogP contribution in [0, 0.1) is 6.92 Å². The van der Waals surface area contributed by atoms with Gasteiger partial charge in [0, 0.05) is 6.54 Å². The van der Waals surface area contributed by atoms with Gasteiger partial charge in [-0.25, -0.2) is 4.98 Å². The first-order valence-corrected chi connectivity index (χ1v) is 6.32. The van der Waals surface area contributed by atoms with Gasteiger partial charge in [-0.1, -0.05) is 31.2 Å². The van der Waals surface area contributed by atoms with Crippen LogP contribution in [0.1, 0.15) is 23.2 Å². The highest BCUT2D eigenvalue weighted by molar-refractivity contribution is 7.15. The third-order valence-electron chi connectivity index (χ3n) is 2.60. The molecule has 2 aromatic rings. The lowest BCUT2D eigenvalue weighted by Gasteiger charge is -2.00. The molecule has 0 saturated carbocycles. The molecule has 16 heavy (non-hydrogen) atoms. The van der Waals surface area contributed by atoms with Gasteiger partial charge < -0.3 is 5.73 Å². The number of thiazole rings is 1. The molecule has 0 unspecified atom stereocenters. The molecule has 0 atom stereocenters. The van der Waals surface area contributed by atoms with E-state index in [9.17, 15) is 0 Å². The van der Waals surface area contributed by atoms with Crippen LogP contribution in [0.4, 0.5) is 0 Å². The monoisotopic (exact) mass is 232 g/mol. The third kappa shape index (κ3) is 2.15. The van der Waals surface area contributed by atoms with Gasteiger partial charge in [0.15, 0.2) is 0 Å². The fraction of sp³-hybridized carbons (Fsp3) is 0.308. The number of aromatic nitrogens is 1. The molecule has 0 aliphatic rings. The van der Waals surface area contributed by atoms with E-state index in [1.54, 1.807) is 11.3 Å². The summed E-state index contributed by atoms with van der Waals surface area (Å²) in [5, 5.41) is 1.20. The molecule has 0 aliphatic heterocycles. The number of hydrogen-bond acceptors (Lipinski definition) is 3. The zero-order valence-corrected chi connectivity index (χ0v) is 10.5. The molecular formula is C13H16N2S. The second kappa shape index (κ2) is 4.76. The molecule has 0 bridgehead atoms. The second-order valence-electron chi connectivity index (χ2n) is 3.78. The highest BCUT2D eigenvalue weighted by Crippen LogP contribution is 2.30. The molecule has 2 rings (SSSR count). The van der Waals surface area contributed by atoms with Crippen LogP contribution in [-0.4, -0.2) is 4.98 Å². The largest absolute Gasteiger partial charge is 0.326 e. The van der Waals surface area contributed by atoms with Crippen LogP contribution in [0.2, 0.25) is 0 Å². The zero-order valence-electron chi connectivity index (χ0n) is 9.66. The van der Waals surface area contributed by atoms with Gasteiger partial charge in [0.25, 0.3) is 0 Å². The highest BCUT2D eigenvalue weighted by atomic mass is 32.1. The first-order valence-electron chi connectivity index (χ1n) is 5.50. The van der Waals surface area contributed by atoms with Gasteiger partial charge in [-0.15, -0.1) is 11.3 Å². The lowest BCUT2D eigenvalue weighted by Crippen LogP contribution is -1.95. The Labute approximate surface area is 100 Å². The van der Waals surface area contributed by atoms with E-state index in [4.69, 9.17) is 5.73 Å². The predicted molar refractivity (Wildman–Crippen MR) is 69.6 cm³/mol. The summed E-state index contributed by atoms with van der Waals surface area (Å²) in [5.74, 6) is 0. The second-order valence-corrected chi connectivity index (χ2v) is 4.86. The van der Waals surface area contributed by atoms with Crippen LogP contribution >= 0.6 is 11.3 Å². The average Bonchev–Trinajstić information content (AvgIpc) is 2.71. The molecular weight excluding hydrogens is 216 g/mol. The number of nitrogens with two attached hydrogens (primary N) is 1. The summed E-state index contributed by atoms with van der Waals surface area (Å²) in [7, 11) is 0. The number of benzene rings is 1. The Kier molecular flexibility index (Phi) is 3.36. The molecule has 1 heterocycles. The lowest BCUT2D eigenvalue weighted by molar-refractivity contribution is 1.07. The van der Waals surface area contributed by atoms with E-state index >= 15 is 0 Å². The van der Waals surface area contributed by atoms with Crippen LogP contribution in [-0.2, 0) is 13.0 Å². The van der Waals surface area contributed by atoms with Gasteiger partial charge in [-0.3, -0.25) is 0 Å². The van der Waals surface area contributed by atoms with Crippen LogP contribution in [0.25, 0.3) is 10.4 Å².